The second kappa shape index (κ2) is 7.01. The Kier molecular flexibility index (Phi) is 5.58. The Morgan fingerprint density at radius 2 is 1.95 bits per heavy atom. The molecule has 112 valence electrons. The first-order chi connectivity index (χ1) is 9.60. The van der Waals surface area contributed by atoms with E-state index in [4.69, 9.17) is 10.5 Å². The molecule has 4 heteroatoms. The largest absolute Gasteiger partial charge is 0.373 e. The van der Waals surface area contributed by atoms with Gasteiger partial charge in [-0.2, -0.15) is 0 Å². The molecule has 0 amide bonds. The van der Waals surface area contributed by atoms with Crippen LogP contribution in [-0.4, -0.2) is 12.2 Å². The van der Waals surface area contributed by atoms with Crippen LogP contribution in [-0.2, 0) is 4.74 Å². The second-order valence-electron chi connectivity index (χ2n) is 5.53. The lowest BCUT2D eigenvalue weighted by Crippen LogP contribution is -2.44. The molecule has 2 rings (SSSR count). The molecule has 0 saturated heterocycles. The van der Waals surface area contributed by atoms with Crippen molar-refractivity contribution in [3.8, 4) is 0 Å². The highest BCUT2D eigenvalue weighted by molar-refractivity contribution is 9.10. The molecule has 0 spiro atoms. The van der Waals surface area contributed by atoms with Gasteiger partial charge in [0.1, 0.15) is 5.82 Å². The van der Waals surface area contributed by atoms with Gasteiger partial charge in [-0.25, -0.2) is 4.39 Å². The number of nitrogens with two attached hydrogens (primary N) is 1. The van der Waals surface area contributed by atoms with Crippen LogP contribution in [0.2, 0.25) is 0 Å². The third-order valence-electron chi connectivity index (χ3n) is 4.27. The van der Waals surface area contributed by atoms with Crippen molar-refractivity contribution in [3.05, 3.63) is 34.1 Å². The predicted molar refractivity (Wildman–Crippen MR) is 83.1 cm³/mol. The number of rotatable bonds is 4. The molecule has 2 N–H and O–H groups in total. The van der Waals surface area contributed by atoms with Crippen molar-refractivity contribution in [1.29, 1.82) is 0 Å². The van der Waals surface area contributed by atoms with Gasteiger partial charge in [-0.1, -0.05) is 37.8 Å². The van der Waals surface area contributed by atoms with E-state index in [2.05, 4.69) is 15.9 Å². The minimum Gasteiger partial charge on any atom is -0.373 e. The fourth-order valence-electron chi connectivity index (χ4n) is 3.20. The molecule has 0 aliphatic heterocycles. The van der Waals surface area contributed by atoms with Crippen LogP contribution in [0.1, 0.15) is 57.1 Å². The first-order valence-corrected chi connectivity index (χ1v) is 8.23. The molecule has 1 aromatic carbocycles. The van der Waals surface area contributed by atoms with Gasteiger partial charge in [0.15, 0.2) is 0 Å². The van der Waals surface area contributed by atoms with Gasteiger partial charge in [0, 0.05) is 12.2 Å². The number of ether oxygens (including phenoxy) is 1. The summed E-state index contributed by atoms with van der Waals surface area (Å²) < 4.78 is 20.9. The van der Waals surface area contributed by atoms with E-state index >= 15 is 0 Å². The molecule has 1 aliphatic rings. The number of hydrogen-bond acceptors (Lipinski definition) is 2. The summed E-state index contributed by atoms with van der Waals surface area (Å²) in [5.74, 6) is -0.261. The smallest absolute Gasteiger partial charge is 0.142 e. The molecule has 1 fully saturated rings. The van der Waals surface area contributed by atoms with Gasteiger partial charge in [-0.3, -0.25) is 0 Å². The van der Waals surface area contributed by atoms with E-state index in [1.165, 1.54) is 12.8 Å². The molecule has 0 bridgehead atoms. The zero-order valence-electron chi connectivity index (χ0n) is 12.0. The first kappa shape index (κ1) is 15.9. The maximum Gasteiger partial charge on any atom is 0.142 e. The molecule has 20 heavy (non-hydrogen) atoms. The molecule has 1 aliphatic carbocycles. The van der Waals surface area contributed by atoms with Gasteiger partial charge < -0.3 is 10.5 Å². The zero-order valence-corrected chi connectivity index (χ0v) is 13.6. The van der Waals surface area contributed by atoms with E-state index in [1.807, 2.05) is 13.0 Å². The monoisotopic (exact) mass is 343 g/mol. The standard InChI is InChI=1S/C16H23BrFNO/c1-2-20-16(10-5-3-4-6-11-16)15(19)12-8-7-9-13(17)14(12)18/h7-9,15H,2-6,10-11,19H2,1H3. The van der Waals surface area contributed by atoms with Crippen LogP contribution in [0.4, 0.5) is 4.39 Å². The van der Waals surface area contributed by atoms with Crippen molar-refractivity contribution in [3.63, 3.8) is 0 Å². The summed E-state index contributed by atoms with van der Waals surface area (Å²) in [5.41, 5.74) is 6.57. The average Bonchev–Trinajstić information content (AvgIpc) is 2.68. The van der Waals surface area contributed by atoms with Crippen LogP contribution in [0.15, 0.2) is 22.7 Å². The van der Waals surface area contributed by atoms with Crippen molar-refractivity contribution in [2.75, 3.05) is 6.61 Å². The first-order valence-electron chi connectivity index (χ1n) is 7.44. The highest BCUT2D eigenvalue weighted by Gasteiger charge is 2.39. The quantitative estimate of drug-likeness (QED) is 0.803. The van der Waals surface area contributed by atoms with Crippen LogP contribution in [0.3, 0.4) is 0 Å². The Bertz CT molecular complexity index is 444. The molecular formula is C16H23BrFNO. The second-order valence-corrected chi connectivity index (χ2v) is 6.39. The van der Waals surface area contributed by atoms with Gasteiger partial charge in [0.2, 0.25) is 0 Å². The lowest BCUT2D eigenvalue weighted by Gasteiger charge is -2.38. The predicted octanol–water partition coefficient (Wildman–Crippen LogP) is 4.72. The third-order valence-corrected chi connectivity index (χ3v) is 4.88. The lowest BCUT2D eigenvalue weighted by molar-refractivity contribution is -0.0702. The number of hydrogen-bond donors (Lipinski definition) is 1. The summed E-state index contributed by atoms with van der Waals surface area (Å²) in [6.07, 6.45) is 6.44. The van der Waals surface area contributed by atoms with E-state index < -0.39 is 11.6 Å². The van der Waals surface area contributed by atoms with E-state index in [-0.39, 0.29) is 5.82 Å². The van der Waals surface area contributed by atoms with E-state index in [0.29, 0.717) is 16.6 Å². The van der Waals surface area contributed by atoms with Gasteiger partial charge in [-0.05, 0) is 41.8 Å². The summed E-state index contributed by atoms with van der Waals surface area (Å²) in [7, 11) is 0. The lowest BCUT2D eigenvalue weighted by atomic mass is 9.82. The maximum atomic E-state index is 14.3. The Balaban J connectivity index is 2.34. The topological polar surface area (TPSA) is 35.2 Å². The van der Waals surface area contributed by atoms with Crippen LogP contribution in [0.25, 0.3) is 0 Å². The SMILES string of the molecule is CCOC1(C(N)c2cccc(Br)c2F)CCCCCC1. The van der Waals surface area contributed by atoms with E-state index in [1.54, 1.807) is 12.1 Å². The molecular weight excluding hydrogens is 321 g/mol. The van der Waals surface area contributed by atoms with E-state index in [9.17, 15) is 4.39 Å². The summed E-state index contributed by atoms with van der Waals surface area (Å²) in [6, 6.07) is 4.89. The summed E-state index contributed by atoms with van der Waals surface area (Å²) in [4.78, 5) is 0. The summed E-state index contributed by atoms with van der Waals surface area (Å²) in [6.45, 7) is 2.60. The van der Waals surface area contributed by atoms with Crippen LogP contribution in [0, 0.1) is 5.82 Å². The van der Waals surface area contributed by atoms with E-state index in [0.717, 1.165) is 25.7 Å². The molecule has 0 heterocycles. The number of halogens is 2. The van der Waals surface area contributed by atoms with Gasteiger partial charge >= 0.3 is 0 Å². The van der Waals surface area contributed by atoms with Crippen LogP contribution in [0.5, 0.6) is 0 Å². The Morgan fingerprint density at radius 3 is 2.55 bits per heavy atom. The van der Waals surface area contributed by atoms with Crippen molar-refractivity contribution in [1.82, 2.24) is 0 Å². The fourth-order valence-corrected chi connectivity index (χ4v) is 3.59. The average molecular weight is 344 g/mol. The van der Waals surface area contributed by atoms with Crippen molar-refractivity contribution in [2.45, 2.75) is 57.1 Å². The molecule has 1 atom stereocenters. The van der Waals surface area contributed by atoms with Gasteiger partial charge in [-0.15, -0.1) is 0 Å². The van der Waals surface area contributed by atoms with Crippen molar-refractivity contribution < 1.29 is 9.13 Å². The highest BCUT2D eigenvalue weighted by atomic mass is 79.9. The van der Waals surface area contributed by atoms with Crippen LogP contribution < -0.4 is 5.73 Å². The Labute approximate surface area is 129 Å². The van der Waals surface area contributed by atoms with Gasteiger partial charge in [0.25, 0.3) is 0 Å². The molecule has 0 radical (unpaired) electrons. The third kappa shape index (κ3) is 3.23. The Hall–Kier alpha value is -0.450. The number of benzene rings is 1. The van der Waals surface area contributed by atoms with Crippen LogP contribution >= 0.6 is 15.9 Å². The molecule has 2 nitrogen and oxygen atoms in total. The summed E-state index contributed by atoms with van der Waals surface area (Å²) in [5, 5.41) is 0. The molecule has 1 unspecified atom stereocenters. The minimum absolute atomic E-state index is 0.261. The molecule has 1 saturated carbocycles. The molecule has 1 aromatic rings. The maximum absolute atomic E-state index is 14.3. The van der Waals surface area contributed by atoms with Gasteiger partial charge in [0.05, 0.1) is 16.1 Å². The minimum atomic E-state index is -0.424. The normalized spacial score (nSPS) is 20.4. The van der Waals surface area contributed by atoms with Crippen molar-refractivity contribution in [2.24, 2.45) is 5.73 Å². The fraction of sp³-hybridized carbons (Fsp3) is 0.625. The highest BCUT2D eigenvalue weighted by Crippen LogP contribution is 2.40. The summed E-state index contributed by atoms with van der Waals surface area (Å²) >= 11 is 3.24. The molecule has 0 aromatic heterocycles. The Morgan fingerprint density at radius 1 is 1.30 bits per heavy atom. The van der Waals surface area contributed by atoms with Crippen molar-refractivity contribution >= 4 is 15.9 Å². The zero-order chi connectivity index (χ0) is 14.6.